The highest BCUT2D eigenvalue weighted by Crippen LogP contribution is 2.69. The van der Waals surface area contributed by atoms with Crippen LogP contribution in [0.5, 0.6) is 0 Å². The van der Waals surface area contributed by atoms with Gasteiger partial charge < -0.3 is 5.32 Å². The molecule has 1 heteroatoms. The Balaban J connectivity index is 1.99. The zero-order valence-corrected chi connectivity index (χ0v) is 13.2. The Hall–Kier alpha value is -0.820. The molecule has 0 saturated heterocycles. The Bertz CT molecular complexity index is 391. The summed E-state index contributed by atoms with van der Waals surface area (Å²) in [6.45, 7) is 13.0. The Morgan fingerprint density at radius 2 is 1.63 bits per heavy atom. The highest BCUT2D eigenvalue weighted by molar-refractivity contribution is 5.18. The molecule has 1 saturated carbocycles. The fourth-order valence-electron chi connectivity index (χ4n) is 3.87. The first kappa shape index (κ1) is 14.6. The molecule has 1 aliphatic carbocycles. The van der Waals surface area contributed by atoms with Crippen LogP contribution in [0.2, 0.25) is 0 Å². The first-order valence-corrected chi connectivity index (χ1v) is 7.68. The van der Waals surface area contributed by atoms with Crippen LogP contribution < -0.4 is 5.32 Å². The maximum Gasteiger partial charge on any atom is 0.0109 e. The first-order chi connectivity index (χ1) is 8.91. The summed E-state index contributed by atoms with van der Waals surface area (Å²) in [7, 11) is 0. The van der Waals surface area contributed by atoms with Crippen LogP contribution in [0.3, 0.4) is 0 Å². The molecule has 0 amide bonds. The van der Waals surface area contributed by atoms with Gasteiger partial charge in [-0.15, -0.1) is 0 Å². The summed E-state index contributed by atoms with van der Waals surface area (Å²) in [5, 5.41) is 3.73. The first-order valence-electron chi connectivity index (χ1n) is 7.68. The van der Waals surface area contributed by atoms with Crippen molar-refractivity contribution in [3.05, 3.63) is 35.9 Å². The molecule has 1 aliphatic rings. The molecule has 1 unspecified atom stereocenters. The SMILES string of the molecule is CCNC(CCc1ccccc1)C1C(C)(C)C1(C)C. The van der Waals surface area contributed by atoms with E-state index in [9.17, 15) is 0 Å². The maximum absolute atomic E-state index is 3.73. The van der Waals surface area contributed by atoms with Crippen molar-refractivity contribution in [3.63, 3.8) is 0 Å². The third-order valence-corrected chi connectivity index (χ3v) is 5.59. The van der Waals surface area contributed by atoms with Gasteiger partial charge in [0.1, 0.15) is 0 Å². The summed E-state index contributed by atoms with van der Waals surface area (Å²) < 4.78 is 0. The molecule has 19 heavy (non-hydrogen) atoms. The Labute approximate surface area is 118 Å². The predicted molar refractivity (Wildman–Crippen MR) is 83.3 cm³/mol. The topological polar surface area (TPSA) is 12.0 Å². The minimum atomic E-state index is 0.469. The second-order valence-electron chi connectivity index (χ2n) is 7.11. The van der Waals surface area contributed by atoms with Crippen LogP contribution in [-0.4, -0.2) is 12.6 Å². The van der Waals surface area contributed by atoms with Gasteiger partial charge in [-0.25, -0.2) is 0 Å². The van der Waals surface area contributed by atoms with Gasteiger partial charge in [0.25, 0.3) is 0 Å². The van der Waals surface area contributed by atoms with Crippen LogP contribution in [0.15, 0.2) is 30.3 Å². The van der Waals surface area contributed by atoms with Crippen molar-refractivity contribution in [1.82, 2.24) is 5.32 Å². The lowest BCUT2D eigenvalue weighted by Crippen LogP contribution is -2.33. The van der Waals surface area contributed by atoms with Gasteiger partial charge in [0.2, 0.25) is 0 Å². The molecule has 1 nitrogen and oxygen atoms in total. The third-order valence-electron chi connectivity index (χ3n) is 5.59. The van der Waals surface area contributed by atoms with E-state index >= 15 is 0 Å². The van der Waals surface area contributed by atoms with Crippen LogP contribution in [0.4, 0.5) is 0 Å². The van der Waals surface area contributed by atoms with Crippen LogP contribution in [-0.2, 0) is 6.42 Å². The summed E-state index contributed by atoms with van der Waals surface area (Å²) in [4.78, 5) is 0. The molecule has 0 heterocycles. The van der Waals surface area contributed by atoms with E-state index in [1.54, 1.807) is 0 Å². The molecule has 1 aromatic carbocycles. The largest absolute Gasteiger partial charge is 0.314 e. The van der Waals surface area contributed by atoms with E-state index in [0.717, 1.165) is 12.5 Å². The number of benzene rings is 1. The molecule has 106 valence electrons. The van der Waals surface area contributed by atoms with Crippen LogP contribution in [0.25, 0.3) is 0 Å². The fraction of sp³-hybridized carbons (Fsp3) is 0.667. The van der Waals surface area contributed by atoms with Gasteiger partial charge in [0, 0.05) is 6.04 Å². The van der Waals surface area contributed by atoms with Crippen molar-refractivity contribution in [3.8, 4) is 0 Å². The molecule has 0 spiro atoms. The Morgan fingerprint density at radius 1 is 1.05 bits per heavy atom. The van der Waals surface area contributed by atoms with Crippen molar-refractivity contribution in [1.29, 1.82) is 0 Å². The number of aryl methyl sites for hydroxylation is 1. The highest BCUT2D eigenvalue weighted by Gasteiger charge is 2.66. The van der Waals surface area contributed by atoms with Gasteiger partial charge >= 0.3 is 0 Å². The van der Waals surface area contributed by atoms with E-state index in [-0.39, 0.29) is 0 Å². The van der Waals surface area contributed by atoms with Gasteiger partial charge in [-0.2, -0.15) is 0 Å². The van der Waals surface area contributed by atoms with Crippen LogP contribution in [0, 0.1) is 16.7 Å². The molecule has 0 aliphatic heterocycles. The second kappa shape index (κ2) is 5.28. The smallest absolute Gasteiger partial charge is 0.0109 e. The van der Waals surface area contributed by atoms with Crippen molar-refractivity contribution in [2.45, 2.75) is 53.5 Å². The third kappa shape index (κ3) is 2.72. The molecule has 0 bridgehead atoms. The van der Waals surface area contributed by atoms with E-state index in [1.165, 1.54) is 18.4 Å². The van der Waals surface area contributed by atoms with E-state index in [4.69, 9.17) is 0 Å². The number of nitrogens with one attached hydrogen (secondary N) is 1. The maximum atomic E-state index is 3.73. The van der Waals surface area contributed by atoms with Crippen molar-refractivity contribution >= 4 is 0 Å². The number of hydrogen-bond acceptors (Lipinski definition) is 1. The van der Waals surface area contributed by atoms with E-state index < -0.39 is 0 Å². The zero-order chi connectivity index (χ0) is 14.1. The van der Waals surface area contributed by atoms with E-state index in [1.807, 2.05) is 0 Å². The Kier molecular flexibility index (Phi) is 4.06. The molecule has 0 radical (unpaired) electrons. The molecule has 2 rings (SSSR count). The minimum absolute atomic E-state index is 0.469. The number of rotatable bonds is 6. The van der Waals surface area contributed by atoms with Crippen molar-refractivity contribution < 1.29 is 0 Å². The molecule has 1 aromatic rings. The average molecular weight is 259 g/mol. The monoisotopic (exact) mass is 259 g/mol. The van der Waals surface area contributed by atoms with Gasteiger partial charge in [0.05, 0.1) is 0 Å². The molecular weight excluding hydrogens is 230 g/mol. The lowest BCUT2D eigenvalue weighted by atomic mass is 9.97. The zero-order valence-electron chi connectivity index (χ0n) is 13.2. The molecular formula is C18H29N. The highest BCUT2D eigenvalue weighted by atomic mass is 15.0. The quantitative estimate of drug-likeness (QED) is 0.804. The fourth-order valence-corrected chi connectivity index (χ4v) is 3.87. The summed E-state index contributed by atoms with van der Waals surface area (Å²) in [5.41, 5.74) is 2.40. The minimum Gasteiger partial charge on any atom is -0.314 e. The lowest BCUT2D eigenvalue weighted by molar-refractivity contribution is 0.384. The van der Waals surface area contributed by atoms with Gasteiger partial charge in [0.15, 0.2) is 0 Å². The Morgan fingerprint density at radius 3 is 2.11 bits per heavy atom. The van der Waals surface area contributed by atoms with Crippen molar-refractivity contribution in [2.24, 2.45) is 16.7 Å². The molecule has 0 aromatic heterocycles. The molecule has 1 atom stereocenters. The van der Waals surface area contributed by atoms with E-state index in [2.05, 4.69) is 70.3 Å². The van der Waals surface area contributed by atoms with Crippen LogP contribution >= 0.6 is 0 Å². The summed E-state index contributed by atoms with van der Waals surface area (Å²) in [6, 6.07) is 11.5. The summed E-state index contributed by atoms with van der Waals surface area (Å²) >= 11 is 0. The van der Waals surface area contributed by atoms with Gasteiger partial charge in [-0.1, -0.05) is 65.0 Å². The van der Waals surface area contributed by atoms with E-state index in [0.29, 0.717) is 16.9 Å². The normalized spacial score (nSPS) is 22.2. The lowest BCUT2D eigenvalue weighted by Gasteiger charge is -2.20. The predicted octanol–water partition coefficient (Wildman–Crippen LogP) is 4.28. The molecule has 1 fully saturated rings. The number of hydrogen-bond donors (Lipinski definition) is 1. The van der Waals surface area contributed by atoms with Gasteiger partial charge in [-0.3, -0.25) is 0 Å². The van der Waals surface area contributed by atoms with Crippen molar-refractivity contribution in [2.75, 3.05) is 6.54 Å². The second-order valence-corrected chi connectivity index (χ2v) is 7.11. The average Bonchev–Trinajstić information content (AvgIpc) is 2.77. The standard InChI is InChI=1S/C18H29N/c1-6-19-15(16-17(2,3)18(16,4)5)13-12-14-10-8-7-9-11-14/h7-11,15-16,19H,6,12-13H2,1-5H3. The van der Waals surface area contributed by atoms with Crippen LogP contribution in [0.1, 0.15) is 46.6 Å². The molecule has 1 N–H and O–H groups in total. The summed E-state index contributed by atoms with van der Waals surface area (Å²) in [6.07, 6.45) is 2.43. The van der Waals surface area contributed by atoms with Gasteiger partial charge in [-0.05, 0) is 41.7 Å². The summed E-state index contributed by atoms with van der Waals surface area (Å²) in [5.74, 6) is 0.795.